The minimum Gasteiger partial charge on any atom is -0.484 e. The SMILES string of the molecule is Cc1cc(Cl)ccc1OCC(=O)NC1(CN)CCCC1.Cl. The second-order valence-corrected chi connectivity index (χ2v) is 5.87. The van der Waals surface area contributed by atoms with Gasteiger partial charge in [-0.1, -0.05) is 24.4 Å². The van der Waals surface area contributed by atoms with E-state index in [4.69, 9.17) is 22.1 Å². The van der Waals surface area contributed by atoms with Crippen LogP contribution in [0.1, 0.15) is 31.2 Å². The first kappa shape index (κ1) is 18.1. The number of hydrogen-bond donors (Lipinski definition) is 2. The molecule has 0 unspecified atom stereocenters. The Hall–Kier alpha value is -0.970. The third-order valence-corrected chi connectivity index (χ3v) is 4.09. The lowest BCUT2D eigenvalue weighted by Crippen LogP contribution is -2.52. The highest BCUT2D eigenvalue weighted by Crippen LogP contribution is 2.28. The van der Waals surface area contributed by atoms with E-state index in [0.717, 1.165) is 31.2 Å². The predicted molar refractivity (Wildman–Crippen MR) is 87.3 cm³/mol. The van der Waals surface area contributed by atoms with Crippen molar-refractivity contribution in [3.8, 4) is 5.75 Å². The van der Waals surface area contributed by atoms with Crippen LogP contribution in [0.2, 0.25) is 5.02 Å². The average molecular weight is 333 g/mol. The Morgan fingerprint density at radius 1 is 1.43 bits per heavy atom. The minimum absolute atomic E-state index is 0. The summed E-state index contributed by atoms with van der Waals surface area (Å²) < 4.78 is 5.54. The number of hydrogen-bond acceptors (Lipinski definition) is 3. The second-order valence-electron chi connectivity index (χ2n) is 5.44. The molecule has 3 N–H and O–H groups in total. The van der Waals surface area contributed by atoms with E-state index in [1.165, 1.54) is 0 Å². The fourth-order valence-electron chi connectivity index (χ4n) is 2.68. The summed E-state index contributed by atoms with van der Waals surface area (Å²) in [6.45, 7) is 2.39. The summed E-state index contributed by atoms with van der Waals surface area (Å²) in [4.78, 5) is 12.0. The molecule has 0 bridgehead atoms. The van der Waals surface area contributed by atoms with E-state index in [2.05, 4.69) is 5.32 Å². The third kappa shape index (κ3) is 4.77. The maximum Gasteiger partial charge on any atom is 0.258 e. The maximum absolute atomic E-state index is 12.0. The Balaban J connectivity index is 0.00000220. The summed E-state index contributed by atoms with van der Waals surface area (Å²) >= 11 is 5.88. The molecule has 1 aliphatic carbocycles. The van der Waals surface area contributed by atoms with E-state index in [1.54, 1.807) is 12.1 Å². The standard InChI is InChI=1S/C15H21ClN2O2.ClH/c1-11-8-12(16)4-5-13(11)20-9-14(19)18-15(10-17)6-2-3-7-15;/h4-5,8H,2-3,6-7,9-10,17H2,1H3,(H,18,19);1H. The van der Waals surface area contributed by atoms with Crippen LogP contribution in [-0.4, -0.2) is 24.6 Å². The van der Waals surface area contributed by atoms with E-state index in [9.17, 15) is 4.79 Å². The topological polar surface area (TPSA) is 64.3 Å². The molecule has 0 saturated heterocycles. The quantitative estimate of drug-likeness (QED) is 0.871. The Kier molecular flexibility index (Phi) is 6.78. The maximum atomic E-state index is 12.0. The van der Waals surface area contributed by atoms with Gasteiger partial charge in [-0.15, -0.1) is 12.4 Å². The predicted octanol–water partition coefficient (Wildman–Crippen LogP) is 2.84. The van der Waals surface area contributed by atoms with Crippen molar-refractivity contribution in [1.82, 2.24) is 5.32 Å². The average Bonchev–Trinajstić information content (AvgIpc) is 2.87. The highest BCUT2D eigenvalue weighted by Gasteiger charge is 2.33. The number of amides is 1. The van der Waals surface area contributed by atoms with Crippen molar-refractivity contribution in [2.45, 2.75) is 38.1 Å². The molecule has 0 aliphatic heterocycles. The number of benzene rings is 1. The number of carbonyl (C=O) groups is 1. The van der Waals surface area contributed by atoms with Crippen LogP contribution in [0.4, 0.5) is 0 Å². The Bertz CT molecular complexity index is 489. The molecule has 4 nitrogen and oxygen atoms in total. The lowest BCUT2D eigenvalue weighted by molar-refractivity contribution is -0.124. The highest BCUT2D eigenvalue weighted by molar-refractivity contribution is 6.30. The van der Waals surface area contributed by atoms with Crippen LogP contribution in [0, 0.1) is 6.92 Å². The van der Waals surface area contributed by atoms with Gasteiger partial charge in [0.1, 0.15) is 5.75 Å². The monoisotopic (exact) mass is 332 g/mol. The normalized spacial score (nSPS) is 16.1. The molecule has 1 amide bonds. The molecule has 1 aromatic carbocycles. The van der Waals surface area contributed by atoms with Crippen molar-refractivity contribution < 1.29 is 9.53 Å². The summed E-state index contributed by atoms with van der Waals surface area (Å²) in [6.07, 6.45) is 4.15. The van der Waals surface area contributed by atoms with Crippen LogP contribution in [0.3, 0.4) is 0 Å². The summed E-state index contributed by atoms with van der Waals surface area (Å²) in [7, 11) is 0. The number of nitrogens with two attached hydrogens (primary N) is 1. The molecule has 6 heteroatoms. The van der Waals surface area contributed by atoms with E-state index >= 15 is 0 Å². The fourth-order valence-corrected chi connectivity index (χ4v) is 2.91. The molecule has 0 spiro atoms. The minimum atomic E-state index is -0.227. The molecule has 118 valence electrons. The van der Waals surface area contributed by atoms with Gasteiger partial charge in [0.15, 0.2) is 6.61 Å². The van der Waals surface area contributed by atoms with Crippen LogP contribution in [0.25, 0.3) is 0 Å². The van der Waals surface area contributed by atoms with Gasteiger partial charge in [0.05, 0.1) is 5.54 Å². The first-order valence-electron chi connectivity index (χ1n) is 6.95. The summed E-state index contributed by atoms with van der Waals surface area (Å²) in [6, 6.07) is 5.34. The molecule has 0 atom stereocenters. The zero-order valence-corrected chi connectivity index (χ0v) is 13.7. The van der Waals surface area contributed by atoms with Crippen LogP contribution in [-0.2, 0) is 4.79 Å². The van der Waals surface area contributed by atoms with Crippen LogP contribution in [0.5, 0.6) is 5.75 Å². The molecule has 0 heterocycles. The van der Waals surface area contributed by atoms with Crippen molar-refractivity contribution in [1.29, 1.82) is 0 Å². The smallest absolute Gasteiger partial charge is 0.258 e. The van der Waals surface area contributed by atoms with E-state index in [0.29, 0.717) is 17.3 Å². The molecule has 21 heavy (non-hydrogen) atoms. The summed E-state index contributed by atoms with van der Waals surface area (Å²) in [5.74, 6) is 0.560. The molecule has 0 radical (unpaired) electrons. The van der Waals surface area contributed by atoms with Crippen molar-refractivity contribution >= 4 is 29.9 Å². The number of rotatable bonds is 5. The van der Waals surface area contributed by atoms with Gasteiger partial charge in [-0.05, 0) is 43.5 Å². The summed E-state index contributed by atoms with van der Waals surface area (Å²) in [5.41, 5.74) is 6.48. The second kappa shape index (κ2) is 7.87. The number of aryl methyl sites for hydroxylation is 1. The summed E-state index contributed by atoms with van der Waals surface area (Å²) in [5, 5.41) is 3.69. The first-order chi connectivity index (χ1) is 9.54. The lowest BCUT2D eigenvalue weighted by Gasteiger charge is -2.28. The number of carbonyl (C=O) groups excluding carboxylic acids is 1. The van der Waals surface area contributed by atoms with Crippen molar-refractivity contribution in [2.75, 3.05) is 13.2 Å². The van der Waals surface area contributed by atoms with Gasteiger partial charge >= 0.3 is 0 Å². The Morgan fingerprint density at radius 3 is 2.67 bits per heavy atom. The third-order valence-electron chi connectivity index (χ3n) is 3.85. The number of ether oxygens (including phenoxy) is 1. The molecule has 1 aromatic rings. The van der Waals surface area contributed by atoms with Crippen molar-refractivity contribution in [3.05, 3.63) is 28.8 Å². The van der Waals surface area contributed by atoms with Gasteiger partial charge < -0.3 is 15.8 Å². The van der Waals surface area contributed by atoms with Crippen LogP contribution < -0.4 is 15.8 Å². The molecular formula is C15H22Cl2N2O2. The van der Waals surface area contributed by atoms with E-state index in [-0.39, 0.29) is 30.5 Å². The van der Waals surface area contributed by atoms with Crippen LogP contribution >= 0.6 is 24.0 Å². The molecule has 1 aliphatic rings. The molecule has 1 fully saturated rings. The van der Waals surface area contributed by atoms with Crippen LogP contribution in [0.15, 0.2) is 18.2 Å². The first-order valence-corrected chi connectivity index (χ1v) is 7.32. The van der Waals surface area contributed by atoms with E-state index < -0.39 is 0 Å². The van der Waals surface area contributed by atoms with E-state index in [1.807, 2.05) is 13.0 Å². The largest absolute Gasteiger partial charge is 0.484 e. The van der Waals surface area contributed by atoms with Crippen molar-refractivity contribution in [2.24, 2.45) is 5.73 Å². The number of halogens is 2. The zero-order chi connectivity index (χ0) is 14.6. The lowest BCUT2D eigenvalue weighted by atomic mass is 9.98. The Labute approximate surface area is 136 Å². The molecule has 0 aromatic heterocycles. The highest BCUT2D eigenvalue weighted by atomic mass is 35.5. The fraction of sp³-hybridized carbons (Fsp3) is 0.533. The number of nitrogens with one attached hydrogen (secondary N) is 1. The van der Waals surface area contributed by atoms with Gasteiger partial charge in [0.2, 0.25) is 0 Å². The zero-order valence-electron chi connectivity index (χ0n) is 12.2. The van der Waals surface area contributed by atoms with Gasteiger partial charge in [-0.2, -0.15) is 0 Å². The molecule has 2 rings (SSSR count). The van der Waals surface area contributed by atoms with Gasteiger partial charge in [0, 0.05) is 11.6 Å². The van der Waals surface area contributed by atoms with Crippen molar-refractivity contribution in [3.63, 3.8) is 0 Å². The van der Waals surface area contributed by atoms with Gasteiger partial charge in [-0.25, -0.2) is 0 Å². The van der Waals surface area contributed by atoms with Gasteiger partial charge in [-0.3, -0.25) is 4.79 Å². The Morgan fingerprint density at radius 2 is 2.10 bits per heavy atom. The molecular weight excluding hydrogens is 311 g/mol. The van der Waals surface area contributed by atoms with Gasteiger partial charge in [0.25, 0.3) is 5.91 Å². The molecule has 1 saturated carbocycles.